The molecule has 1 atom stereocenters. The number of hydrogen-bond donors (Lipinski definition) is 1. The number of carbonyl (C=O) groups is 1. The van der Waals surface area contributed by atoms with Gasteiger partial charge in [0.15, 0.2) is 21.2 Å². The molecule has 0 saturated carbocycles. The number of sulfone groups is 1. The summed E-state index contributed by atoms with van der Waals surface area (Å²) in [6.07, 6.45) is 1.96. The molecule has 0 unspecified atom stereocenters. The molecule has 5 rings (SSSR count). The predicted molar refractivity (Wildman–Crippen MR) is 130 cm³/mol. The van der Waals surface area contributed by atoms with Crippen molar-refractivity contribution in [3.05, 3.63) is 53.9 Å². The first-order chi connectivity index (χ1) is 16.8. The lowest BCUT2D eigenvalue weighted by Gasteiger charge is -2.13. The Morgan fingerprint density at radius 2 is 2.03 bits per heavy atom. The van der Waals surface area contributed by atoms with Crippen molar-refractivity contribution in [2.24, 2.45) is 0 Å². The molecule has 0 bridgehead atoms. The number of methoxy groups -OCH3 is 2. The van der Waals surface area contributed by atoms with Crippen molar-refractivity contribution in [1.29, 1.82) is 0 Å². The molecule has 10 nitrogen and oxygen atoms in total. The second kappa shape index (κ2) is 8.73. The van der Waals surface area contributed by atoms with Gasteiger partial charge in [-0.3, -0.25) is 4.79 Å². The maximum Gasteiger partial charge on any atom is 0.256 e. The molecule has 1 aliphatic rings. The Hall–Kier alpha value is -3.86. The third-order valence-corrected chi connectivity index (χ3v) is 7.81. The Labute approximate surface area is 201 Å². The van der Waals surface area contributed by atoms with Crippen molar-refractivity contribution in [1.82, 2.24) is 14.8 Å². The molecule has 1 aliphatic heterocycles. The van der Waals surface area contributed by atoms with Crippen LogP contribution in [-0.2, 0) is 9.84 Å². The summed E-state index contributed by atoms with van der Waals surface area (Å²) in [6, 6.07) is 9.87. The van der Waals surface area contributed by atoms with Crippen LogP contribution in [0, 0.1) is 6.92 Å². The van der Waals surface area contributed by atoms with Crippen LogP contribution in [-0.4, -0.2) is 54.8 Å². The highest BCUT2D eigenvalue weighted by atomic mass is 32.2. The SMILES string of the molecule is COc1ccc(OC)c(NC(=O)c2cc(-c3ccco3)nc3c2c(C)nn3[C@@H]2CCS(=O)(=O)C2)c1. The lowest BCUT2D eigenvalue weighted by molar-refractivity contribution is 0.102. The van der Waals surface area contributed by atoms with Crippen molar-refractivity contribution >= 4 is 32.5 Å². The van der Waals surface area contributed by atoms with Gasteiger partial charge in [0.1, 0.15) is 17.2 Å². The van der Waals surface area contributed by atoms with E-state index in [2.05, 4.69) is 10.4 Å². The first kappa shape index (κ1) is 22.9. The van der Waals surface area contributed by atoms with Crippen molar-refractivity contribution in [3.8, 4) is 23.0 Å². The summed E-state index contributed by atoms with van der Waals surface area (Å²) < 4.78 is 42.1. The van der Waals surface area contributed by atoms with E-state index in [4.69, 9.17) is 18.9 Å². The average molecular weight is 497 g/mol. The van der Waals surface area contributed by atoms with Gasteiger partial charge in [0.05, 0.1) is 60.4 Å². The molecule has 1 fully saturated rings. The van der Waals surface area contributed by atoms with Crippen molar-refractivity contribution < 1.29 is 27.1 Å². The Morgan fingerprint density at radius 3 is 2.69 bits per heavy atom. The van der Waals surface area contributed by atoms with E-state index in [9.17, 15) is 13.2 Å². The lowest BCUT2D eigenvalue weighted by atomic mass is 10.1. The molecule has 4 aromatic rings. The van der Waals surface area contributed by atoms with Gasteiger partial charge in [-0.05, 0) is 43.7 Å². The summed E-state index contributed by atoms with van der Waals surface area (Å²) >= 11 is 0. The molecule has 0 radical (unpaired) electrons. The van der Waals surface area contributed by atoms with Gasteiger partial charge < -0.3 is 19.2 Å². The highest BCUT2D eigenvalue weighted by molar-refractivity contribution is 7.91. The summed E-state index contributed by atoms with van der Waals surface area (Å²) in [4.78, 5) is 18.3. The molecule has 11 heteroatoms. The van der Waals surface area contributed by atoms with Gasteiger partial charge in [-0.25, -0.2) is 18.1 Å². The zero-order valence-electron chi connectivity index (χ0n) is 19.4. The summed E-state index contributed by atoms with van der Waals surface area (Å²) in [6.45, 7) is 1.78. The highest BCUT2D eigenvalue weighted by Gasteiger charge is 2.32. The molecular weight excluding hydrogens is 472 g/mol. The van der Waals surface area contributed by atoms with Crippen molar-refractivity contribution in [2.75, 3.05) is 31.0 Å². The fraction of sp³-hybridized carbons (Fsp3) is 0.292. The van der Waals surface area contributed by atoms with Gasteiger partial charge >= 0.3 is 0 Å². The molecule has 35 heavy (non-hydrogen) atoms. The molecule has 1 saturated heterocycles. The number of pyridine rings is 1. The average Bonchev–Trinajstić information content (AvgIpc) is 3.57. The number of carbonyl (C=O) groups excluding carboxylic acids is 1. The number of benzene rings is 1. The van der Waals surface area contributed by atoms with Crippen LogP contribution < -0.4 is 14.8 Å². The number of fused-ring (bicyclic) bond motifs is 1. The minimum atomic E-state index is -3.15. The van der Waals surface area contributed by atoms with Crippen LogP contribution in [0.15, 0.2) is 47.1 Å². The minimum absolute atomic E-state index is 0.0155. The Morgan fingerprint density at radius 1 is 1.20 bits per heavy atom. The molecule has 4 heterocycles. The van der Waals surface area contributed by atoms with Crippen LogP contribution in [0.1, 0.15) is 28.5 Å². The number of aromatic nitrogens is 3. The Kier molecular flexibility index (Phi) is 5.72. The van der Waals surface area contributed by atoms with Gasteiger partial charge in [-0.1, -0.05) is 0 Å². The van der Waals surface area contributed by atoms with Gasteiger partial charge in [0, 0.05) is 6.07 Å². The second-order valence-electron chi connectivity index (χ2n) is 8.34. The van der Waals surface area contributed by atoms with E-state index in [0.29, 0.717) is 57.4 Å². The van der Waals surface area contributed by atoms with E-state index < -0.39 is 15.7 Å². The Balaban J connectivity index is 1.65. The molecule has 182 valence electrons. The summed E-state index contributed by atoms with van der Waals surface area (Å²) in [5.74, 6) is 1.18. The number of amides is 1. The maximum absolute atomic E-state index is 13.6. The number of ether oxygens (including phenoxy) is 2. The molecule has 1 amide bonds. The Bertz CT molecular complexity index is 1530. The molecule has 0 aliphatic carbocycles. The van der Waals surface area contributed by atoms with E-state index in [0.717, 1.165) is 0 Å². The van der Waals surface area contributed by atoms with E-state index in [1.54, 1.807) is 48.0 Å². The van der Waals surface area contributed by atoms with Crippen LogP contribution in [0.25, 0.3) is 22.5 Å². The highest BCUT2D eigenvalue weighted by Crippen LogP contribution is 2.34. The van der Waals surface area contributed by atoms with Gasteiger partial charge in [0.25, 0.3) is 5.91 Å². The molecule has 1 N–H and O–H groups in total. The standard InChI is InChI=1S/C24H24N4O6S/c1-14-22-17(24(29)26-18-11-16(32-2)6-7-20(18)33-3)12-19(21-5-4-9-34-21)25-23(22)28(27-14)15-8-10-35(30,31)13-15/h4-7,9,11-12,15H,8,10,13H2,1-3H3,(H,26,29)/t15-/m1/s1. The number of nitrogens with one attached hydrogen (secondary N) is 1. The quantitative estimate of drug-likeness (QED) is 0.429. The zero-order chi connectivity index (χ0) is 24.7. The summed E-state index contributed by atoms with van der Waals surface area (Å²) in [5, 5.41) is 8.05. The molecule has 0 spiro atoms. The number of nitrogens with zero attached hydrogens (tertiary/aromatic N) is 3. The smallest absolute Gasteiger partial charge is 0.256 e. The van der Waals surface area contributed by atoms with E-state index in [1.807, 2.05) is 0 Å². The summed E-state index contributed by atoms with van der Waals surface area (Å²) in [5.41, 5.74) is 2.21. The fourth-order valence-corrected chi connectivity index (χ4v) is 6.06. The normalized spacial score (nSPS) is 16.9. The first-order valence-corrected chi connectivity index (χ1v) is 12.8. The molecule has 1 aromatic carbocycles. The first-order valence-electron chi connectivity index (χ1n) is 11.0. The van der Waals surface area contributed by atoms with Crippen LogP contribution in [0.3, 0.4) is 0 Å². The predicted octanol–water partition coefficient (Wildman–Crippen LogP) is 3.63. The van der Waals surface area contributed by atoms with Crippen molar-refractivity contribution in [2.45, 2.75) is 19.4 Å². The fourth-order valence-electron chi connectivity index (χ4n) is 4.37. The third kappa shape index (κ3) is 4.23. The second-order valence-corrected chi connectivity index (χ2v) is 10.6. The van der Waals surface area contributed by atoms with Gasteiger partial charge in [0.2, 0.25) is 0 Å². The molecule has 3 aromatic heterocycles. The minimum Gasteiger partial charge on any atom is -0.497 e. The maximum atomic E-state index is 13.6. The number of anilines is 1. The van der Waals surface area contributed by atoms with Crippen LogP contribution >= 0.6 is 0 Å². The number of furan rings is 1. The van der Waals surface area contributed by atoms with Crippen LogP contribution in [0.2, 0.25) is 0 Å². The number of rotatable bonds is 6. The third-order valence-electron chi connectivity index (χ3n) is 6.06. The zero-order valence-corrected chi connectivity index (χ0v) is 20.3. The van der Waals surface area contributed by atoms with Gasteiger partial charge in [-0.2, -0.15) is 5.10 Å². The topological polar surface area (TPSA) is 126 Å². The number of aryl methyl sites for hydroxylation is 1. The van der Waals surface area contributed by atoms with E-state index in [1.165, 1.54) is 20.5 Å². The van der Waals surface area contributed by atoms with Crippen molar-refractivity contribution in [3.63, 3.8) is 0 Å². The largest absolute Gasteiger partial charge is 0.497 e. The van der Waals surface area contributed by atoms with E-state index >= 15 is 0 Å². The molecular formula is C24H24N4O6S. The monoisotopic (exact) mass is 496 g/mol. The van der Waals surface area contributed by atoms with Gasteiger partial charge in [-0.15, -0.1) is 0 Å². The summed E-state index contributed by atoms with van der Waals surface area (Å²) in [7, 11) is -0.0970. The van der Waals surface area contributed by atoms with Crippen LogP contribution in [0.5, 0.6) is 11.5 Å². The number of hydrogen-bond acceptors (Lipinski definition) is 8. The van der Waals surface area contributed by atoms with Crippen LogP contribution in [0.4, 0.5) is 5.69 Å². The van der Waals surface area contributed by atoms with E-state index in [-0.39, 0.29) is 17.5 Å². The lowest BCUT2D eigenvalue weighted by Crippen LogP contribution is -2.15.